The van der Waals surface area contributed by atoms with Gasteiger partial charge >= 0.3 is 0 Å². The lowest BCUT2D eigenvalue weighted by atomic mass is 9.99. The van der Waals surface area contributed by atoms with Crippen LogP contribution in [-0.2, 0) is 0 Å². The molecule has 7 heteroatoms. The number of aliphatic hydroxyl groups is 2. The lowest BCUT2D eigenvalue weighted by Crippen LogP contribution is -2.21. The number of aliphatic hydroxyl groups excluding tert-OH is 2. The van der Waals surface area contributed by atoms with Gasteiger partial charge in [0, 0.05) is 22.1 Å². The van der Waals surface area contributed by atoms with E-state index in [1.54, 1.807) is 18.2 Å². The molecule has 2 aromatic rings. The third-order valence-corrected chi connectivity index (χ3v) is 2.87. The van der Waals surface area contributed by atoms with Gasteiger partial charge in [-0.05, 0) is 10.9 Å². The molecule has 2 rings (SSSR count). The van der Waals surface area contributed by atoms with Gasteiger partial charge in [-0.25, -0.2) is 4.98 Å². The first kappa shape index (κ1) is 13.1. The minimum atomic E-state index is -1.19. The van der Waals surface area contributed by atoms with Crippen molar-refractivity contribution in [1.82, 2.24) is 4.98 Å². The fourth-order valence-electron chi connectivity index (χ4n) is 1.90. The normalized spacial score (nSPS) is 13.8. The lowest BCUT2D eigenvalue weighted by molar-refractivity contribution is 0.0251. The number of hydrogen-bond acceptors (Lipinski definition) is 5. The average molecular weight is 259 g/mol. The average Bonchev–Trinajstić information content (AvgIpc) is 2.45. The van der Waals surface area contributed by atoms with Crippen molar-refractivity contribution in [3.8, 4) is 0 Å². The fraction of sp³-hybridized carbons (Fsp3) is 0.250. The van der Waals surface area contributed by atoms with E-state index in [1.807, 2.05) is 6.07 Å². The van der Waals surface area contributed by atoms with Gasteiger partial charge in [0.05, 0.1) is 12.6 Å². The number of rotatable bonds is 4. The van der Waals surface area contributed by atoms with Gasteiger partial charge in [-0.15, -0.1) is 0 Å². The van der Waals surface area contributed by atoms with Crippen molar-refractivity contribution in [3.05, 3.63) is 46.5 Å². The molecule has 2 atom stereocenters. The van der Waals surface area contributed by atoms with Gasteiger partial charge in [0.2, 0.25) is 0 Å². The molecule has 7 nitrogen and oxygen atoms in total. The third-order valence-electron chi connectivity index (χ3n) is 2.87. The maximum absolute atomic E-state index is 10.1. The highest BCUT2D eigenvalue weighted by Gasteiger charge is 2.20. The first-order chi connectivity index (χ1) is 9.15. The maximum atomic E-state index is 10.1. The largest absolute Gasteiger partial charge is 0.390 e. The Kier molecular flexibility index (Phi) is 3.82. The van der Waals surface area contributed by atoms with Crippen molar-refractivity contribution >= 4 is 16.6 Å². The summed E-state index contributed by atoms with van der Waals surface area (Å²) < 4.78 is 0. The first-order valence-electron chi connectivity index (χ1n) is 5.65. The van der Waals surface area contributed by atoms with Crippen LogP contribution in [-0.4, -0.2) is 27.8 Å². The lowest BCUT2D eigenvalue weighted by Gasteiger charge is -2.18. The van der Waals surface area contributed by atoms with Crippen LogP contribution in [0.15, 0.2) is 35.6 Å². The predicted octanol–water partition coefficient (Wildman–Crippen LogP) is 1.52. The third kappa shape index (κ3) is 2.58. The summed E-state index contributed by atoms with van der Waals surface area (Å²) in [5, 5.41) is 24.5. The van der Waals surface area contributed by atoms with E-state index in [1.165, 1.54) is 6.20 Å². The molecule has 0 aliphatic rings. The first-order valence-corrected chi connectivity index (χ1v) is 5.65. The van der Waals surface area contributed by atoms with E-state index in [2.05, 4.69) is 15.0 Å². The zero-order valence-electron chi connectivity index (χ0n) is 10.0. The molecule has 0 bridgehead atoms. The summed E-state index contributed by atoms with van der Waals surface area (Å²) in [6.07, 6.45) is -0.963. The van der Waals surface area contributed by atoms with Crippen molar-refractivity contribution < 1.29 is 10.2 Å². The van der Waals surface area contributed by atoms with Crippen molar-refractivity contribution in [2.75, 3.05) is 12.3 Å². The minimum absolute atomic E-state index is 0.212. The Labute approximate surface area is 108 Å². The van der Waals surface area contributed by atoms with Gasteiger partial charge in [0.15, 0.2) is 0 Å². The number of aromatic nitrogens is 1. The van der Waals surface area contributed by atoms with E-state index < -0.39 is 12.2 Å². The summed E-state index contributed by atoms with van der Waals surface area (Å²) in [6.45, 7) is -0.212. The number of nitrogens with zero attached hydrogens (tertiary/aromatic N) is 4. The number of benzene rings is 1. The molecular formula is C12H13N5O2. The van der Waals surface area contributed by atoms with Gasteiger partial charge in [-0.2, -0.15) is 0 Å². The van der Waals surface area contributed by atoms with E-state index in [9.17, 15) is 10.2 Å². The second-order valence-electron chi connectivity index (χ2n) is 4.07. The van der Waals surface area contributed by atoms with Crippen LogP contribution in [0.5, 0.6) is 0 Å². The maximum Gasteiger partial charge on any atom is 0.131 e. The van der Waals surface area contributed by atoms with Crippen LogP contribution in [0.4, 0.5) is 5.82 Å². The highest BCUT2D eigenvalue weighted by molar-refractivity contribution is 5.93. The molecule has 98 valence electrons. The quantitative estimate of drug-likeness (QED) is 0.436. The second kappa shape index (κ2) is 5.53. The number of nitrogens with two attached hydrogens (primary N) is 1. The molecule has 0 radical (unpaired) electrons. The molecule has 0 spiro atoms. The number of nitrogen functional groups attached to an aromatic ring is 1. The molecule has 1 aromatic heterocycles. The zero-order chi connectivity index (χ0) is 13.8. The number of anilines is 1. The summed E-state index contributed by atoms with van der Waals surface area (Å²) in [5.74, 6) is 0.357. The Bertz CT molecular complexity index is 639. The van der Waals surface area contributed by atoms with Gasteiger partial charge in [-0.1, -0.05) is 29.4 Å². The minimum Gasteiger partial charge on any atom is -0.390 e. The SMILES string of the molecule is [N-]=[N+]=NCC(O)C(O)c1cnc(N)c2ccccc12. The monoisotopic (exact) mass is 259 g/mol. The van der Waals surface area contributed by atoms with E-state index >= 15 is 0 Å². The number of hydrogen-bond donors (Lipinski definition) is 3. The van der Waals surface area contributed by atoms with Crippen molar-refractivity contribution in [3.63, 3.8) is 0 Å². The van der Waals surface area contributed by atoms with Gasteiger partial charge < -0.3 is 15.9 Å². The Hall–Kier alpha value is -2.34. The van der Waals surface area contributed by atoms with Crippen LogP contribution in [0.2, 0.25) is 0 Å². The highest BCUT2D eigenvalue weighted by atomic mass is 16.3. The molecule has 0 aliphatic heterocycles. The molecular weight excluding hydrogens is 246 g/mol. The van der Waals surface area contributed by atoms with E-state index in [0.29, 0.717) is 22.2 Å². The number of pyridine rings is 1. The summed E-state index contributed by atoms with van der Waals surface area (Å²) in [6, 6.07) is 7.19. The smallest absolute Gasteiger partial charge is 0.131 e. The van der Waals surface area contributed by atoms with E-state index in [0.717, 1.165) is 0 Å². The van der Waals surface area contributed by atoms with E-state index in [-0.39, 0.29) is 6.54 Å². The van der Waals surface area contributed by atoms with Crippen molar-refractivity contribution in [2.45, 2.75) is 12.2 Å². The molecule has 0 saturated carbocycles. The van der Waals surface area contributed by atoms with Crippen LogP contribution < -0.4 is 5.73 Å². The van der Waals surface area contributed by atoms with E-state index in [4.69, 9.17) is 11.3 Å². The van der Waals surface area contributed by atoms with Crippen molar-refractivity contribution in [2.24, 2.45) is 5.11 Å². The predicted molar refractivity (Wildman–Crippen MR) is 71.1 cm³/mol. The molecule has 19 heavy (non-hydrogen) atoms. The Morgan fingerprint density at radius 3 is 2.68 bits per heavy atom. The number of fused-ring (bicyclic) bond motifs is 1. The Balaban J connectivity index is 2.45. The van der Waals surface area contributed by atoms with Gasteiger partial charge in [-0.3, -0.25) is 0 Å². The molecule has 0 aliphatic carbocycles. The van der Waals surface area contributed by atoms with Crippen LogP contribution in [0, 0.1) is 0 Å². The number of azide groups is 1. The molecule has 0 fully saturated rings. The molecule has 4 N–H and O–H groups in total. The summed E-state index contributed by atoms with van der Waals surface area (Å²) in [5.41, 5.74) is 14.4. The molecule has 0 amide bonds. The molecule has 1 heterocycles. The van der Waals surface area contributed by atoms with Crippen LogP contribution in [0.3, 0.4) is 0 Å². The van der Waals surface area contributed by atoms with Crippen LogP contribution in [0.1, 0.15) is 11.7 Å². The second-order valence-corrected chi connectivity index (χ2v) is 4.07. The van der Waals surface area contributed by atoms with Gasteiger partial charge in [0.1, 0.15) is 11.9 Å². The molecule has 1 aromatic carbocycles. The topological polar surface area (TPSA) is 128 Å². The standard InChI is InChI=1S/C12H13N5O2/c13-12-8-4-2-1-3-7(8)9(5-15-12)11(19)10(18)6-16-17-14/h1-5,10-11,18-19H,6H2,(H2,13,15). The Morgan fingerprint density at radius 2 is 2.00 bits per heavy atom. The fourth-order valence-corrected chi connectivity index (χ4v) is 1.90. The van der Waals surface area contributed by atoms with Crippen LogP contribution in [0.25, 0.3) is 21.2 Å². The summed E-state index contributed by atoms with van der Waals surface area (Å²) >= 11 is 0. The van der Waals surface area contributed by atoms with Crippen molar-refractivity contribution in [1.29, 1.82) is 0 Å². The zero-order valence-corrected chi connectivity index (χ0v) is 10.0. The van der Waals surface area contributed by atoms with Gasteiger partial charge in [0.25, 0.3) is 0 Å². The summed E-state index contributed by atoms with van der Waals surface area (Å²) in [4.78, 5) is 6.54. The summed E-state index contributed by atoms with van der Waals surface area (Å²) in [7, 11) is 0. The Morgan fingerprint density at radius 1 is 1.32 bits per heavy atom. The highest BCUT2D eigenvalue weighted by Crippen LogP contribution is 2.28. The molecule has 0 saturated heterocycles. The van der Waals surface area contributed by atoms with Crippen LogP contribution >= 0.6 is 0 Å². The molecule has 2 unspecified atom stereocenters.